The van der Waals surface area contributed by atoms with Crippen LogP contribution < -0.4 is 10.1 Å². The summed E-state index contributed by atoms with van der Waals surface area (Å²) in [7, 11) is 1.51. The minimum absolute atomic E-state index is 0.280. The molecule has 2 aromatic carbocycles. The Morgan fingerprint density at radius 1 is 1.07 bits per heavy atom. The number of halogens is 1. The first-order valence-corrected chi connectivity index (χ1v) is 9.28. The van der Waals surface area contributed by atoms with Crippen molar-refractivity contribution in [3.8, 4) is 17.0 Å². The summed E-state index contributed by atoms with van der Waals surface area (Å²) < 4.78 is 10.4. The Bertz CT molecular complexity index is 1050. The molecule has 1 N–H and O–H groups in total. The van der Waals surface area contributed by atoms with Gasteiger partial charge in [0.15, 0.2) is 0 Å². The van der Waals surface area contributed by atoms with Gasteiger partial charge in [-0.25, -0.2) is 4.79 Å². The molecule has 6 nitrogen and oxygen atoms in total. The highest BCUT2D eigenvalue weighted by Gasteiger charge is 2.15. The first-order chi connectivity index (χ1) is 14.0. The van der Waals surface area contributed by atoms with E-state index in [1.54, 1.807) is 67.7 Å². The molecule has 0 saturated heterocycles. The van der Waals surface area contributed by atoms with E-state index in [0.29, 0.717) is 38.8 Å². The smallest absolute Gasteiger partial charge is 0.338 e. The van der Waals surface area contributed by atoms with Crippen LogP contribution in [0.3, 0.4) is 0 Å². The van der Waals surface area contributed by atoms with Crippen molar-refractivity contribution in [3.63, 3.8) is 0 Å². The van der Waals surface area contributed by atoms with Gasteiger partial charge in [-0.15, -0.1) is 0 Å². The Hall–Kier alpha value is -3.38. The van der Waals surface area contributed by atoms with Crippen LogP contribution in [0.4, 0.5) is 5.69 Å². The molecule has 0 aliphatic rings. The van der Waals surface area contributed by atoms with Gasteiger partial charge in [-0.1, -0.05) is 17.7 Å². The summed E-state index contributed by atoms with van der Waals surface area (Å²) in [6.07, 6.45) is 1.64. The van der Waals surface area contributed by atoms with Crippen LogP contribution in [0.15, 0.2) is 60.8 Å². The van der Waals surface area contributed by atoms with Crippen LogP contribution in [0.25, 0.3) is 11.3 Å². The molecule has 0 atom stereocenters. The van der Waals surface area contributed by atoms with Crippen molar-refractivity contribution in [2.24, 2.45) is 0 Å². The second kappa shape index (κ2) is 9.21. The number of methoxy groups -OCH3 is 1. The second-order valence-electron chi connectivity index (χ2n) is 6.00. The molecule has 148 valence electrons. The molecule has 29 heavy (non-hydrogen) atoms. The maximum atomic E-state index is 12.7. The molecule has 0 radical (unpaired) electrons. The average Bonchev–Trinajstić information content (AvgIpc) is 2.74. The minimum Gasteiger partial charge on any atom is -0.496 e. The SMILES string of the molecule is CCOC(=O)c1cccc(NC(=O)c2ccc(-c3ncccc3Cl)c(OC)c2)c1. The summed E-state index contributed by atoms with van der Waals surface area (Å²) in [5, 5.41) is 3.26. The maximum Gasteiger partial charge on any atom is 0.338 e. The number of benzene rings is 2. The largest absolute Gasteiger partial charge is 0.496 e. The fraction of sp³-hybridized carbons (Fsp3) is 0.136. The number of anilines is 1. The molecule has 3 aromatic rings. The van der Waals surface area contributed by atoms with Crippen molar-refractivity contribution in [3.05, 3.63) is 76.9 Å². The van der Waals surface area contributed by atoms with Gasteiger partial charge in [0.2, 0.25) is 0 Å². The van der Waals surface area contributed by atoms with E-state index < -0.39 is 5.97 Å². The lowest BCUT2D eigenvalue weighted by molar-refractivity contribution is 0.0526. The van der Waals surface area contributed by atoms with Crippen LogP contribution in [0.1, 0.15) is 27.6 Å². The molecule has 0 spiro atoms. The van der Waals surface area contributed by atoms with Gasteiger partial charge in [-0.3, -0.25) is 9.78 Å². The molecule has 0 saturated carbocycles. The Morgan fingerprint density at radius 2 is 1.90 bits per heavy atom. The first kappa shape index (κ1) is 20.4. The molecule has 7 heteroatoms. The number of ether oxygens (including phenoxy) is 2. The Labute approximate surface area is 173 Å². The molecular formula is C22H19ClN2O4. The zero-order valence-corrected chi connectivity index (χ0v) is 16.7. The lowest BCUT2D eigenvalue weighted by Crippen LogP contribution is -2.13. The highest BCUT2D eigenvalue weighted by molar-refractivity contribution is 6.33. The van der Waals surface area contributed by atoms with Gasteiger partial charge in [-0.05, 0) is 55.5 Å². The van der Waals surface area contributed by atoms with Gasteiger partial charge >= 0.3 is 5.97 Å². The van der Waals surface area contributed by atoms with Crippen LogP contribution in [-0.4, -0.2) is 30.6 Å². The lowest BCUT2D eigenvalue weighted by Gasteiger charge is -2.12. The molecule has 1 amide bonds. The minimum atomic E-state index is -0.443. The average molecular weight is 411 g/mol. The zero-order valence-electron chi connectivity index (χ0n) is 15.9. The molecule has 0 aliphatic heterocycles. The van der Waals surface area contributed by atoms with Gasteiger partial charge in [0.05, 0.1) is 30.0 Å². The normalized spacial score (nSPS) is 10.3. The summed E-state index contributed by atoms with van der Waals surface area (Å²) in [4.78, 5) is 28.8. The Kier molecular flexibility index (Phi) is 6.46. The molecular weight excluding hydrogens is 392 g/mol. The van der Waals surface area contributed by atoms with Gasteiger partial charge in [0.1, 0.15) is 5.75 Å². The molecule has 3 rings (SSSR count). The number of carbonyl (C=O) groups is 2. The molecule has 0 bridgehead atoms. The van der Waals surface area contributed by atoms with Crippen LogP contribution in [-0.2, 0) is 4.74 Å². The maximum absolute atomic E-state index is 12.7. The highest BCUT2D eigenvalue weighted by Crippen LogP contribution is 2.33. The quantitative estimate of drug-likeness (QED) is 0.588. The van der Waals surface area contributed by atoms with Crippen LogP contribution in [0, 0.1) is 0 Å². The predicted octanol–water partition coefficient (Wildman–Crippen LogP) is 4.84. The van der Waals surface area contributed by atoms with Gasteiger partial charge in [0, 0.05) is 23.0 Å². The lowest BCUT2D eigenvalue weighted by atomic mass is 10.1. The van der Waals surface area contributed by atoms with E-state index in [2.05, 4.69) is 10.3 Å². The van der Waals surface area contributed by atoms with Crippen LogP contribution >= 0.6 is 11.6 Å². The van der Waals surface area contributed by atoms with E-state index >= 15 is 0 Å². The summed E-state index contributed by atoms with van der Waals surface area (Å²) in [6.45, 7) is 2.01. The van der Waals surface area contributed by atoms with Crippen molar-refractivity contribution >= 4 is 29.2 Å². The summed E-state index contributed by atoms with van der Waals surface area (Å²) in [5.41, 5.74) is 2.48. The van der Waals surface area contributed by atoms with Crippen molar-refractivity contribution in [2.45, 2.75) is 6.92 Å². The summed E-state index contributed by atoms with van der Waals surface area (Å²) in [6, 6.07) is 15.0. The molecule has 1 aromatic heterocycles. The summed E-state index contributed by atoms with van der Waals surface area (Å²) >= 11 is 6.23. The zero-order chi connectivity index (χ0) is 20.8. The Morgan fingerprint density at radius 3 is 2.62 bits per heavy atom. The van der Waals surface area contributed by atoms with Crippen LogP contribution in [0.5, 0.6) is 5.75 Å². The van der Waals surface area contributed by atoms with Crippen molar-refractivity contribution in [2.75, 3.05) is 19.0 Å². The van der Waals surface area contributed by atoms with Crippen molar-refractivity contribution in [1.29, 1.82) is 0 Å². The second-order valence-corrected chi connectivity index (χ2v) is 6.41. The third-order valence-electron chi connectivity index (χ3n) is 4.11. The third kappa shape index (κ3) is 4.73. The van der Waals surface area contributed by atoms with Crippen molar-refractivity contribution in [1.82, 2.24) is 4.98 Å². The third-order valence-corrected chi connectivity index (χ3v) is 4.41. The fourth-order valence-corrected chi connectivity index (χ4v) is 2.98. The number of aromatic nitrogens is 1. The highest BCUT2D eigenvalue weighted by atomic mass is 35.5. The first-order valence-electron chi connectivity index (χ1n) is 8.91. The summed E-state index contributed by atoms with van der Waals surface area (Å²) in [5.74, 6) is -0.316. The van der Waals surface area contributed by atoms with Gasteiger partial charge < -0.3 is 14.8 Å². The molecule has 0 aliphatic carbocycles. The number of nitrogens with zero attached hydrogens (tertiary/aromatic N) is 1. The van der Waals surface area contributed by atoms with Gasteiger partial charge in [-0.2, -0.15) is 0 Å². The van der Waals surface area contributed by atoms with E-state index in [9.17, 15) is 9.59 Å². The van der Waals surface area contributed by atoms with Gasteiger partial charge in [0.25, 0.3) is 5.91 Å². The molecule has 0 fully saturated rings. The molecule has 1 heterocycles. The van der Waals surface area contributed by atoms with E-state index in [1.807, 2.05) is 0 Å². The number of esters is 1. The van der Waals surface area contributed by atoms with E-state index in [0.717, 1.165) is 0 Å². The number of rotatable bonds is 6. The standard InChI is InChI=1S/C22H19ClN2O4/c1-3-29-22(27)15-6-4-7-16(12-15)25-21(26)14-9-10-17(19(13-14)28-2)20-18(23)8-5-11-24-20/h4-13H,3H2,1-2H3,(H,25,26). The predicted molar refractivity (Wildman–Crippen MR) is 112 cm³/mol. The van der Waals surface area contributed by atoms with E-state index in [-0.39, 0.29) is 12.5 Å². The number of hydrogen-bond acceptors (Lipinski definition) is 5. The number of carbonyl (C=O) groups excluding carboxylic acids is 2. The monoisotopic (exact) mass is 410 g/mol. The van der Waals surface area contributed by atoms with Crippen molar-refractivity contribution < 1.29 is 19.1 Å². The van der Waals surface area contributed by atoms with E-state index in [4.69, 9.17) is 21.1 Å². The number of hydrogen-bond donors (Lipinski definition) is 1. The number of nitrogens with one attached hydrogen (secondary N) is 1. The number of pyridine rings is 1. The Balaban J connectivity index is 1.84. The fourth-order valence-electron chi connectivity index (χ4n) is 2.75. The topological polar surface area (TPSA) is 77.5 Å². The number of amides is 1. The van der Waals surface area contributed by atoms with E-state index in [1.165, 1.54) is 7.11 Å². The molecule has 0 unspecified atom stereocenters. The van der Waals surface area contributed by atoms with Crippen LogP contribution in [0.2, 0.25) is 5.02 Å².